The number of hydrogen-bond acceptors (Lipinski definition) is 4. The molecule has 4 atom stereocenters. The molecule has 2 N–H and O–H groups in total. The topological polar surface area (TPSA) is 56.6 Å². The van der Waals surface area contributed by atoms with Crippen molar-refractivity contribution in [3.05, 3.63) is 29.8 Å². The maximum absolute atomic E-state index is 12.8. The minimum Gasteiger partial charge on any atom is -0.395 e. The smallest absolute Gasteiger partial charge is 0.141 e. The second-order valence-electron chi connectivity index (χ2n) is 5.83. The third-order valence-corrected chi connectivity index (χ3v) is 4.30. The van der Waals surface area contributed by atoms with Gasteiger partial charge in [0.25, 0.3) is 0 Å². The molecule has 1 aliphatic rings. The first-order valence-corrected chi connectivity index (χ1v) is 7.17. The van der Waals surface area contributed by atoms with Crippen LogP contribution >= 0.6 is 0 Å². The number of rotatable bonds is 5. The molecule has 0 bridgehead atoms. The van der Waals surface area contributed by atoms with Gasteiger partial charge in [-0.25, -0.2) is 4.39 Å². The summed E-state index contributed by atoms with van der Waals surface area (Å²) in [4.78, 5) is 6.16. The SMILES string of the molecule is CC(CN1CCC(C)C1CO)C(O)c1ccc(F)cn1. The van der Waals surface area contributed by atoms with Gasteiger partial charge >= 0.3 is 0 Å². The van der Waals surface area contributed by atoms with Gasteiger partial charge in [-0.05, 0) is 31.0 Å². The summed E-state index contributed by atoms with van der Waals surface area (Å²) in [6, 6.07) is 3.00. The van der Waals surface area contributed by atoms with Crippen molar-refractivity contribution in [2.75, 3.05) is 19.7 Å². The van der Waals surface area contributed by atoms with E-state index in [0.29, 0.717) is 18.2 Å². The first-order valence-electron chi connectivity index (χ1n) is 7.17. The molecule has 1 aliphatic heterocycles. The molecule has 4 unspecified atom stereocenters. The van der Waals surface area contributed by atoms with Crippen LogP contribution in [-0.4, -0.2) is 45.8 Å². The van der Waals surface area contributed by atoms with Crippen LogP contribution in [0.15, 0.2) is 18.3 Å². The van der Waals surface area contributed by atoms with E-state index in [1.807, 2.05) is 6.92 Å². The van der Waals surface area contributed by atoms with Crippen LogP contribution in [-0.2, 0) is 0 Å². The van der Waals surface area contributed by atoms with Gasteiger partial charge in [-0.2, -0.15) is 0 Å². The molecule has 1 aromatic rings. The lowest BCUT2D eigenvalue weighted by molar-refractivity contribution is 0.0646. The Bertz CT molecular complexity index is 426. The van der Waals surface area contributed by atoms with Gasteiger partial charge in [0.2, 0.25) is 0 Å². The van der Waals surface area contributed by atoms with Crippen LogP contribution in [0.5, 0.6) is 0 Å². The summed E-state index contributed by atoms with van der Waals surface area (Å²) >= 11 is 0. The predicted molar refractivity (Wildman–Crippen MR) is 74.5 cm³/mol. The Kier molecular flexibility index (Phi) is 5.07. The van der Waals surface area contributed by atoms with Gasteiger partial charge in [-0.1, -0.05) is 13.8 Å². The molecule has 1 saturated heterocycles. The van der Waals surface area contributed by atoms with Crippen LogP contribution in [0.4, 0.5) is 4.39 Å². The highest BCUT2D eigenvalue weighted by molar-refractivity contribution is 5.09. The van der Waals surface area contributed by atoms with Crippen LogP contribution < -0.4 is 0 Å². The van der Waals surface area contributed by atoms with E-state index in [1.54, 1.807) is 0 Å². The average Bonchev–Trinajstić information content (AvgIpc) is 2.79. The van der Waals surface area contributed by atoms with Crippen LogP contribution in [0.2, 0.25) is 0 Å². The van der Waals surface area contributed by atoms with Crippen molar-refractivity contribution in [3.8, 4) is 0 Å². The third-order valence-electron chi connectivity index (χ3n) is 4.30. The standard InChI is InChI=1S/C15H23FN2O2/c1-10-5-6-18(14(10)9-19)8-11(2)15(20)13-4-3-12(16)7-17-13/h3-4,7,10-11,14-15,19-20H,5-6,8-9H2,1-2H3. The fourth-order valence-corrected chi connectivity index (χ4v) is 2.93. The predicted octanol–water partition coefficient (Wildman–Crippen LogP) is 1.59. The van der Waals surface area contributed by atoms with Gasteiger partial charge in [0.15, 0.2) is 0 Å². The minimum atomic E-state index is -0.717. The van der Waals surface area contributed by atoms with Gasteiger partial charge < -0.3 is 10.2 Å². The number of halogens is 1. The molecule has 0 radical (unpaired) electrons. The molecule has 0 saturated carbocycles. The zero-order valence-corrected chi connectivity index (χ0v) is 12.0. The Balaban J connectivity index is 1.97. The van der Waals surface area contributed by atoms with Crippen LogP contribution in [0, 0.1) is 17.7 Å². The highest BCUT2D eigenvalue weighted by Gasteiger charge is 2.32. The van der Waals surface area contributed by atoms with E-state index in [1.165, 1.54) is 12.1 Å². The fraction of sp³-hybridized carbons (Fsp3) is 0.667. The van der Waals surface area contributed by atoms with Gasteiger partial charge in [0, 0.05) is 18.5 Å². The molecule has 4 nitrogen and oxygen atoms in total. The number of aliphatic hydroxyl groups is 2. The van der Waals surface area contributed by atoms with Crippen molar-refractivity contribution < 1.29 is 14.6 Å². The first kappa shape index (κ1) is 15.4. The molecule has 0 aromatic carbocycles. The molecule has 0 spiro atoms. The van der Waals surface area contributed by atoms with E-state index in [-0.39, 0.29) is 18.6 Å². The minimum absolute atomic E-state index is 0.0210. The van der Waals surface area contributed by atoms with E-state index < -0.39 is 11.9 Å². The van der Waals surface area contributed by atoms with Crippen LogP contribution in [0.25, 0.3) is 0 Å². The van der Waals surface area contributed by atoms with Gasteiger partial charge in [-0.3, -0.25) is 9.88 Å². The summed E-state index contributed by atoms with van der Waals surface area (Å²) in [7, 11) is 0. The summed E-state index contributed by atoms with van der Waals surface area (Å²) in [5.41, 5.74) is 0.492. The van der Waals surface area contributed by atoms with Crippen LogP contribution in [0.3, 0.4) is 0 Å². The summed E-state index contributed by atoms with van der Waals surface area (Å²) < 4.78 is 12.8. The first-order chi connectivity index (χ1) is 9.52. The second kappa shape index (κ2) is 6.61. The number of hydrogen-bond donors (Lipinski definition) is 2. The molecule has 0 aliphatic carbocycles. The number of aliphatic hydroxyl groups excluding tert-OH is 2. The summed E-state index contributed by atoms with van der Waals surface area (Å²) in [5, 5.41) is 19.7. The Hall–Kier alpha value is -1.04. The lowest BCUT2D eigenvalue weighted by atomic mass is 9.99. The van der Waals surface area contributed by atoms with Crippen molar-refractivity contribution >= 4 is 0 Å². The molecule has 2 rings (SSSR count). The summed E-state index contributed by atoms with van der Waals surface area (Å²) in [6.07, 6.45) is 1.48. The summed E-state index contributed by atoms with van der Waals surface area (Å²) in [6.45, 7) is 5.89. The van der Waals surface area contributed by atoms with E-state index in [2.05, 4.69) is 16.8 Å². The molecule has 1 fully saturated rings. The van der Waals surface area contributed by atoms with Gasteiger partial charge in [0.1, 0.15) is 5.82 Å². The van der Waals surface area contributed by atoms with E-state index in [0.717, 1.165) is 19.2 Å². The fourth-order valence-electron chi connectivity index (χ4n) is 2.93. The second-order valence-corrected chi connectivity index (χ2v) is 5.83. The molecule has 2 heterocycles. The highest BCUT2D eigenvalue weighted by Crippen LogP contribution is 2.27. The van der Waals surface area contributed by atoms with E-state index in [9.17, 15) is 14.6 Å². The Morgan fingerprint density at radius 3 is 2.85 bits per heavy atom. The lowest BCUT2D eigenvalue weighted by Crippen LogP contribution is -2.39. The maximum atomic E-state index is 12.8. The normalized spacial score (nSPS) is 26.6. The lowest BCUT2D eigenvalue weighted by Gasteiger charge is -2.29. The zero-order chi connectivity index (χ0) is 14.7. The van der Waals surface area contributed by atoms with Crippen molar-refractivity contribution in [1.29, 1.82) is 0 Å². The highest BCUT2D eigenvalue weighted by atomic mass is 19.1. The molecule has 0 amide bonds. The van der Waals surface area contributed by atoms with Crippen molar-refractivity contribution in [3.63, 3.8) is 0 Å². The van der Waals surface area contributed by atoms with Crippen molar-refractivity contribution in [1.82, 2.24) is 9.88 Å². The van der Waals surface area contributed by atoms with Crippen molar-refractivity contribution in [2.45, 2.75) is 32.4 Å². The Morgan fingerprint density at radius 2 is 2.25 bits per heavy atom. The number of likely N-dealkylation sites (tertiary alicyclic amines) is 1. The number of nitrogens with zero attached hydrogens (tertiary/aromatic N) is 2. The molecule has 5 heteroatoms. The van der Waals surface area contributed by atoms with Gasteiger partial charge in [-0.15, -0.1) is 0 Å². The van der Waals surface area contributed by atoms with Crippen molar-refractivity contribution in [2.24, 2.45) is 11.8 Å². The molecular weight excluding hydrogens is 259 g/mol. The third kappa shape index (κ3) is 3.34. The van der Waals surface area contributed by atoms with Gasteiger partial charge in [0.05, 0.1) is 24.6 Å². The maximum Gasteiger partial charge on any atom is 0.141 e. The monoisotopic (exact) mass is 282 g/mol. The zero-order valence-electron chi connectivity index (χ0n) is 12.0. The molecule has 112 valence electrons. The number of aromatic nitrogens is 1. The number of pyridine rings is 1. The molecule has 1 aromatic heterocycles. The van der Waals surface area contributed by atoms with Crippen LogP contribution in [0.1, 0.15) is 32.1 Å². The largest absolute Gasteiger partial charge is 0.395 e. The molecular formula is C15H23FN2O2. The van der Waals surface area contributed by atoms with E-state index in [4.69, 9.17) is 0 Å². The average molecular weight is 282 g/mol. The Morgan fingerprint density at radius 1 is 1.50 bits per heavy atom. The molecule has 20 heavy (non-hydrogen) atoms. The quantitative estimate of drug-likeness (QED) is 0.861. The van der Waals surface area contributed by atoms with E-state index >= 15 is 0 Å². The Labute approximate surface area is 119 Å². The summed E-state index contributed by atoms with van der Waals surface area (Å²) in [5.74, 6) is 0.0583.